The molecular formula is C14H19NO4S. The molecule has 2 rings (SSSR count). The fourth-order valence-corrected chi connectivity index (χ4v) is 3.30. The standard InChI is InChI=1S/C14H19NO4S/c1-10(2)20(18,19)9-8-15-12-4-3-5-13(16)11(12)6-7-14(15)17/h6-7,10H,3-5,8-9H2,1-2H3. The van der Waals surface area contributed by atoms with Gasteiger partial charge in [0.2, 0.25) is 0 Å². The van der Waals surface area contributed by atoms with E-state index in [0.29, 0.717) is 30.5 Å². The minimum absolute atomic E-state index is 0.0340. The monoisotopic (exact) mass is 297 g/mol. The van der Waals surface area contributed by atoms with Gasteiger partial charge in [-0.2, -0.15) is 0 Å². The van der Waals surface area contributed by atoms with Gasteiger partial charge in [0.15, 0.2) is 15.6 Å². The molecule has 0 bridgehead atoms. The predicted molar refractivity (Wildman–Crippen MR) is 76.9 cm³/mol. The Morgan fingerprint density at radius 1 is 1.20 bits per heavy atom. The van der Waals surface area contributed by atoms with E-state index in [-0.39, 0.29) is 23.6 Å². The second kappa shape index (κ2) is 5.52. The molecule has 1 aliphatic carbocycles. The average Bonchev–Trinajstić information content (AvgIpc) is 2.37. The first kappa shape index (κ1) is 15.0. The zero-order chi connectivity index (χ0) is 14.9. The number of pyridine rings is 1. The normalized spacial score (nSPS) is 15.4. The number of hydrogen-bond acceptors (Lipinski definition) is 4. The highest BCUT2D eigenvalue weighted by molar-refractivity contribution is 7.91. The number of ketones is 1. The van der Waals surface area contributed by atoms with Crippen molar-refractivity contribution in [1.82, 2.24) is 4.57 Å². The van der Waals surface area contributed by atoms with Crippen LogP contribution in [0.15, 0.2) is 16.9 Å². The summed E-state index contributed by atoms with van der Waals surface area (Å²) in [6.45, 7) is 3.37. The van der Waals surface area contributed by atoms with Crippen LogP contribution in [-0.2, 0) is 22.8 Å². The Hall–Kier alpha value is -1.43. The second-order valence-electron chi connectivity index (χ2n) is 5.38. The molecule has 0 amide bonds. The number of Topliss-reactive ketones (excluding diaryl/α,β-unsaturated/α-hetero) is 1. The number of nitrogens with zero attached hydrogens (tertiary/aromatic N) is 1. The van der Waals surface area contributed by atoms with E-state index in [0.717, 1.165) is 0 Å². The lowest BCUT2D eigenvalue weighted by atomic mass is 9.94. The topological polar surface area (TPSA) is 73.2 Å². The molecule has 0 unspecified atom stereocenters. The minimum Gasteiger partial charge on any atom is -0.311 e. The summed E-state index contributed by atoms with van der Waals surface area (Å²) in [5.41, 5.74) is 1.02. The van der Waals surface area contributed by atoms with Gasteiger partial charge in [-0.1, -0.05) is 0 Å². The van der Waals surface area contributed by atoms with Gasteiger partial charge >= 0.3 is 0 Å². The number of carbonyl (C=O) groups is 1. The largest absolute Gasteiger partial charge is 0.311 e. The highest BCUT2D eigenvalue weighted by atomic mass is 32.2. The summed E-state index contributed by atoms with van der Waals surface area (Å²) >= 11 is 0. The Kier molecular flexibility index (Phi) is 4.13. The van der Waals surface area contributed by atoms with Gasteiger partial charge in [-0.3, -0.25) is 9.59 Å². The molecule has 0 radical (unpaired) electrons. The average molecular weight is 297 g/mol. The molecule has 0 spiro atoms. The maximum absolute atomic E-state index is 11.9. The van der Waals surface area contributed by atoms with E-state index in [1.165, 1.54) is 10.6 Å². The SMILES string of the molecule is CC(C)S(=O)(=O)CCn1c2c(ccc1=O)C(=O)CCC2. The Morgan fingerprint density at radius 2 is 1.90 bits per heavy atom. The van der Waals surface area contributed by atoms with Gasteiger partial charge in [0.1, 0.15) is 0 Å². The van der Waals surface area contributed by atoms with Crippen LogP contribution in [0.4, 0.5) is 0 Å². The van der Waals surface area contributed by atoms with Gasteiger partial charge in [-0.15, -0.1) is 0 Å². The molecule has 1 aliphatic rings. The molecule has 0 aliphatic heterocycles. The molecule has 1 aromatic heterocycles. The summed E-state index contributed by atoms with van der Waals surface area (Å²) in [7, 11) is -3.20. The van der Waals surface area contributed by atoms with Crippen molar-refractivity contribution < 1.29 is 13.2 Å². The van der Waals surface area contributed by atoms with Crippen LogP contribution in [0.3, 0.4) is 0 Å². The first-order valence-electron chi connectivity index (χ1n) is 6.80. The molecule has 0 fully saturated rings. The smallest absolute Gasteiger partial charge is 0.250 e. The zero-order valence-electron chi connectivity index (χ0n) is 11.8. The van der Waals surface area contributed by atoms with Crippen molar-refractivity contribution in [1.29, 1.82) is 0 Å². The van der Waals surface area contributed by atoms with Crippen molar-refractivity contribution >= 4 is 15.6 Å². The molecule has 110 valence electrons. The van der Waals surface area contributed by atoms with E-state index < -0.39 is 15.1 Å². The molecule has 6 heteroatoms. The highest BCUT2D eigenvalue weighted by Crippen LogP contribution is 2.19. The van der Waals surface area contributed by atoms with E-state index >= 15 is 0 Å². The summed E-state index contributed by atoms with van der Waals surface area (Å²) in [5, 5.41) is -0.459. The van der Waals surface area contributed by atoms with Crippen LogP contribution in [0.5, 0.6) is 0 Å². The molecule has 0 saturated heterocycles. The van der Waals surface area contributed by atoms with Gasteiger partial charge in [0, 0.05) is 30.3 Å². The van der Waals surface area contributed by atoms with Crippen LogP contribution >= 0.6 is 0 Å². The highest BCUT2D eigenvalue weighted by Gasteiger charge is 2.22. The Labute approximate surface area is 118 Å². The van der Waals surface area contributed by atoms with Gasteiger partial charge in [-0.25, -0.2) is 8.42 Å². The van der Waals surface area contributed by atoms with Crippen molar-refractivity contribution in [2.24, 2.45) is 0 Å². The van der Waals surface area contributed by atoms with Crippen LogP contribution in [0.1, 0.15) is 42.7 Å². The summed E-state index contributed by atoms with van der Waals surface area (Å²) in [6.07, 6.45) is 1.86. The molecule has 20 heavy (non-hydrogen) atoms. The fraction of sp³-hybridized carbons (Fsp3) is 0.571. The summed E-state index contributed by atoms with van der Waals surface area (Å²) in [4.78, 5) is 23.8. The third-order valence-electron chi connectivity index (χ3n) is 3.73. The van der Waals surface area contributed by atoms with Gasteiger partial charge in [0.25, 0.3) is 5.56 Å². The summed E-state index contributed by atoms with van der Waals surface area (Å²) in [5.74, 6) is -0.0402. The number of fused-ring (bicyclic) bond motifs is 1. The van der Waals surface area contributed by atoms with Crippen LogP contribution in [-0.4, -0.2) is 29.8 Å². The van der Waals surface area contributed by atoms with Gasteiger partial charge < -0.3 is 4.57 Å². The summed E-state index contributed by atoms with van der Waals surface area (Å²) in [6, 6.07) is 2.91. The molecular weight excluding hydrogens is 278 g/mol. The van der Waals surface area contributed by atoms with Crippen molar-refractivity contribution in [2.75, 3.05) is 5.75 Å². The fourth-order valence-electron chi connectivity index (χ4n) is 2.39. The Morgan fingerprint density at radius 3 is 2.55 bits per heavy atom. The number of carbonyl (C=O) groups excluding carboxylic acids is 1. The van der Waals surface area contributed by atoms with Crippen molar-refractivity contribution in [3.8, 4) is 0 Å². The van der Waals surface area contributed by atoms with E-state index in [1.54, 1.807) is 19.9 Å². The lowest BCUT2D eigenvalue weighted by Gasteiger charge is -2.20. The van der Waals surface area contributed by atoms with Crippen LogP contribution in [0, 0.1) is 0 Å². The minimum atomic E-state index is -3.20. The van der Waals surface area contributed by atoms with Crippen LogP contribution in [0.25, 0.3) is 0 Å². The van der Waals surface area contributed by atoms with Crippen molar-refractivity contribution in [3.05, 3.63) is 33.7 Å². The molecule has 5 nitrogen and oxygen atoms in total. The molecule has 0 N–H and O–H groups in total. The molecule has 1 heterocycles. The first-order chi connectivity index (χ1) is 9.33. The lowest BCUT2D eigenvalue weighted by molar-refractivity contribution is 0.0970. The van der Waals surface area contributed by atoms with E-state index in [1.807, 2.05) is 0 Å². The van der Waals surface area contributed by atoms with Gasteiger partial charge in [0.05, 0.1) is 11.0 Å². The maximum atomic E-state index is 11.9. The zero-order valence-corrected chi connectivity index (χ0v) is 12.6. The number of hydrogen-bond donors (Lipinski definition) is 0. The third-order valence-corrected chi connectivity index (χ3v) is 5.92. The third kappa shape index (κ3) is 2.85. The molecule has 1 aromatic rings. The second-order valence-corrected chi connectivity index (χ2v) is 8.05. The van der Waals surface area contributed by atoms with Crippen LogP contribution in [0.2, 0.25) is 0 Å². The van der Waals surface area contributed by atoms with Gasteiger partial charge in [-0.05, 0) is 32.8 Å². The van der Waals surface area contributed by atoms with Crippen LogP contribution < -0.4 is 5.56 Å². The predicted octanol–water partition coefficient (Wildman–Crippen LogP) is 1.19. The van der Waals surface area contributed by atoms with E-state index in [2.05, 4.69) is 0 Å². The maximum Gasteiger partial charge on any atom is 0.250 e. The number of rotatable bonds is 4. The quantitative estimate of drug-likeness (QED) is 0.837. The Balaban J connectivity index is 2.36. The first-order valence-corrected chi connectivity index (χ1v) is 8.52. The number of aromatic nitrogens is 1. The molecule has 0 saturated carbocycles. The Bertz CT molecular complexity index is 686. The van der Waals surface area contributed by atoms with E-state index in [4.69, 9.17) is 0 Å². The number of sulfone groups is 1. The molecule has 0 atom stereocenters. The van der Waals surface area contributed by atoms with E-state index in [9.17, 15) is 18.0 Å². The molecule has 0 aromatic carbocycles. The van der Waals surface area contributed by atoms with Crippen molar-refractivity contribution in [3.63, 3.8) is 0 Å². The summed E-state index contributed by atoms with van der Waals surface area (Å²) < 4.78 is 25.2. The van der Waals surface area contributed by atoms with Crippen molar-refractivity contribution in [2.45, 2.75) is 44.9 Å². The lowest BCUT2D eigenvalue weighted by Crippen LogP contribution is -2.31.